The summed E-state index contributed by atoms with van der Waals surface area (Å²) in [4.78, 5) is 18.0. The Hall–Kier alpha value is -2.49. The van der Waals surface area contributed by atoms with Gasteiger partial charge in [0.15, 0.2) is 4.96 Å². The number of anilines is 1. The van der Waals surface area contributed by atoms with E-state index in [0.717, 1.165) is 16.3 Å². The average molecular weight is 404 g/mol. The van der Waals surface area contributed by atoms with Gasteiger partial charge in [-0.15, -0.1) is 22.7 Å². The number of ketones is 1. The smallest absolute Gasteiger partial charge is 0.271 e. The first-order valence-electron chi connectivity index (χ1n) is 7.59. The third-order valence-corrected chi connectivity index (χ3v) is 7.35. The van der Waals surface area contributed by atoms with Crippen LogP contribution in [0.25, 0.3) is 4.96 Å². The Morgan fingerprint density at radius 2 is 1.88 bits per heavy atom. The molecule has 0 aliphatic carbocycles. The quantitative estimate of drug-likeness (QED) is 0.514. The van der Waals surface area contributed by atoms with Crippen LogP contribution < -0.4 is 4.72 Å². The highest BCUT2D eigenvalue weighted by atomic mass is 32.2. The average Bonchev–Trinajstić information content (AvgIpc) is 3.31. The van der Waals surface area contributed by atoms with Crippen molar-refractivity contribution in [1.29, 1.82) is 0 Å². The molecule has 6 nitrogen and oxygen atoms in total. The van der Waals surface area contributed by atoms with Crippen molar-refractivity contribution in [2.75, 3.05) is 4.72 Å². The Bertz CT molecular complexity index is 1190. The van der Waals surface area contributed by atoms with E-state index in [1.54, 1.807) is 53.1 Å². The molecule has 0 saturated heterocycles. The summed E-state index contributed by atoms with van der Waals surface area (Å²) >= 11 is 2.61. The molecule has 4 rings (SSSR count). The van der Waals surface area contributed by atoms with Crippen molar-refractivity contribution >= 4 is 49.1 Å². The number of aromatic nitrogens is 2. The standard InChI is InChI=1S/C17H13N3O3S3/c1-11-15(20-8-10-25-17(20)18-11)16(21)12-4-6-13(7-5-12)19-26(22,23)14-3-2-9-24-14/h2-10,19H,1H3. The number of benzene rings is 1. The van der Waals surface area contributed by atoms with E-state index in [2.05, 4.69) is 9.71 Å². The molecule has 132 valence electrons. The van der Waals surface area contributed by atoms with Gasteiger partial charge in [0.25, 0.3) is 10.0 Å². The van der Waals surface area contributed by atoms with Crippen LogP contribution in [0, 0.1) is 6.92 Å². The summed E-state index contributed by atoms with van der Waals surface area (Å²) in [5, 5.41) is 3.58. The maximum atomic E-state index is 12.8. The molecule has 0 spiro atoms. The molecule has 0 aliphatic rings. The van der Waals surface area contributed by atoms with Gasteiger partial charge in [-0.2, -0.15) is 0 Å². The number of carbonyl (C=O) groups is 1. The summed E-state index contributed by atoms with van der Waals surface area (Å²) in [6.45, 7) is 1.80. The number of rotatable bonds is 5. The molecule has 3 aromatic heterocycles. The molecule has 0 bridgehead atoms. The summed E-state index contributed by atoms with van der Waals surface area (Å²) in [6.07, 6.45) is 1.82. The van der Waals surface area contributed by atoms with E-state index < -0.39 is 10.0 Å². The fourth-order valence-electron chi connectivity index (χ4n) is 2.62. The van der Waals surface area contributed by atoms with Gasteiger partial charge in [-0.3, -0.25) is 13.9 Å². The van der Waals surface area contributed by atoms with E-state index in [0.29, 0.717) is 22.6 Å². The van der Waals surface area contributed by atoms with E-state index in [1.165, 1.54) is 11.3 Å². The van der Waals surface area contributed by atoms with Crippen LogP contribution in [0.3, 0.4) is 0 Å². The molecule has 0 amide bonds. The highest BCUT2D eigenvalue weighted by molar-refractivity contribution is 7.94. The number of nitrogens with one attached hydrogen (secondary N) is 1. The zero-order valence-corrected chi connectivity index (χ0v) is 16.0. The second-order valence-electron chi connectivity index (χ2n) is 5.55. The second-order valence-corrected chi connectivity index (χ2v) is 9.28. The SMILES string of the molecule is Cc1nc2sccn2c1C(=O)c1ccc(NS(=O)(=O)c2cccs2)cc1. The van der Waals surface area contributed by atoms with Crippen molar-refractivity contribution in [3.05, 3.63) is 70.3 Å². The third-order valence-electron chi connectivity index (χ3n) is 3.81. The first kappa shape index (κ1) is 17.0. The Morgan fingerprint density at radius 3 is 2.58 bits per heavy atom. The number of aryl methyl sites for hydroxylation is 1. The zero-order chi connectivity index (χ0) is 18.3. The van der Waals surface area contributed by atoms with E-state index >= 15 is 0 Å². The van der Waals surface area contributed by atoms with Crippen molar-refractivity contribution < 1.29 is 13.2 Å². The summed E-state index contributed by atoms with van der Waals surface area (Å²) in [5.74, 6) is -0.152. The molecule has 1 N–H and O–H groups in total. The van der Waals surface area contributed by atoms with Crippen molar-refractivity contribution in [3.63, 3.8) is 0 Å². The van der Waals surface area contributed by atoms with Crippen LogP contribution >= 0.6 is 22.7 Å². The first-order valence-corrected chi connectivity index (χ1v) is 10.8. The Morgan fingerprint density at radius 1 is 1.12 bits per heavy atom. The largest absolute Gasteiger partial charge is 0.287 e. The maximum Gasteiger partial charge on any atom is 0.271 e. The van der Waals surface area contributed by atoms with E-state index in [1.807, 2.05) is 11.6 Å². The monoisotopic (exact) mass is 403 g/mol. The van der Waals surface area contributed by atoms with Crippen molar-refractivity contribution in [2.24, 2.45) is 0 Å². The summed E-state index contributed by atoms with van der Waals surface area (Å²) < 4.78 is 29.0. The molecule has 1 aromatic carbocycles. The van der Waals surface area contributed by atoms with E-state index in [9.17, 15) is 13.2 Å². The Kier molecular flexibility index (Phi) is 4.14. The number of hydrogen-bond donors (Lipinski definition) is 1. The predicted molar refractivity (Wildman–Crippen MR) is 103 cm³/mol. The van der Waals surface area contributed by atoms with Crippen LogP contribution in [0.1, 0.15) is 21.7 Å². The van der Waals surface area contributed by atoms with Gasteiger partial charge in [0.1, 0.15) is 9.90 Å². The number of sulfonamides is 1. The topological polar surface area (TPSA) is 80.5 Å². The molecular formula is C17H13N3O3S3. The number of imidazole rings is 1. The van der Waals surface area contributed by atoms with Gasteiger partial charge in [-0.1, -0.05) is 6.07 Å². The lowest BCUT2D eigenvalue weighted by molar-refractivity contribution is 0.103. The molecule has 4 aromatic rings. The van der Waals surface area contributed by atoms with Crippen molar-refractivity contribution in [2.45, 2.75) is 11.1 Å². The molecule has 0 aliphatic heterocycles. The van der Waals surface area contributed by atoms with Gasteiger partial charge < -0.3 is 0 Å². The zero-order valence-electron chi connectivity index (χ0n) is 13.5. The van der Waals surface area contributed by atoms with Crippen molar-refractivity contribution in [3.8, 4) is 0 Å². The molecular weight excluding hydrogens is 390 g/mol. The van der Waals surface area contributed by atoms with Gasteiger partial charge in [-0.05, 0) is 42.6 Å². The third kappa shape index (κ3) is 2.94. The van der Waals surface area contributed by atoms with Gasteiger partial charge >= 0.3 is 0 Å². The Balaban J connectivity index is 1.61. The van der Waals surface area contributed by atoms with Crippen LogP contribution in [0.2, 0.25) is 0 Å². The fourth-order valence-corrected chi connectivity index (χ4v) is 5.43. The lowest BCUT2D eigenvalue weighted by Gasteiger charge is -2.07. The summed E-state index contributed by atoms with van der Waals surface area (Å²) in [6, 6.07) is 9.61. The molecule has 0 saturated carbocycles. The number of thiazole rings is 1. The number of carbonyl (C=O) groups excluding carboxylic acids is 1. The van der Waals surface area contributed by atoms with Gasteiger partial charge in [0, 0.05) is 22.8 Å². The van der Waals surface area contributed by atoms with Crippen LogP contribution in [-0.4, -0.2) is 23.6 Å². The van der Waals surface area contributed by atoms with E-state index in [-0.39, 0.29) is 9.99 Å². The molecule has 0 radical (unpaired) electrons. The molecule has 0 unspecified atom stereocenters. The minimum atomic E-state index is -3.60. The number of thiophene rings is 1. The molecule has 26 heavy (non-hydrogen) atoms. The lowest BCUT2D eigenvalue weighted by atomic mass is 10.1. The number of hydrogen-bond acceptors (Lipinski definition) is 6. The van der Waals surface area contributed by atoms with Crippen LogP contribution in [0.5, 0.6) is 0 Å². The molecule has 9 heteroatoms. The first-order chi connectivity index (χ1) is 12.5. The predicted octanol–water partition coefficient (Wildman–Crippen LogP) is 3.80. The highest BCUT2D eigenvalue weighted by Gasteiger charge is 2.19. The highest BCUT2D eigenvalue weighted by Crippen LogP contribution is 2.23. The van der Waals surface area contributed by atoms with Gasteiger partial charge in [0.05, 0.1) is 5.69 Å². The minimum absolute atomic E-state index is 0.152. The number of fused-ring (bicyclic) bond motifs is 1. The lowest BCUT2D eigenvalue weighted by Crippen LogP contribution is -2.12. The van der Waals surface area contributed by atoms with E-state index in [4.69, 9.17) is 0 Å². The van der Waals surface area contributed by atoms with Gasteiger partial charge in [0.2, 0.25) is 5.78 Å². The maximum absolute atomic E-state index is 12.8. The fraction of sp³-hybridized carbons (Fsp3) is 0.0588. The normalized spacial score (nSPS) is 11.7. The second kappa shape index (κ2) is 6.35. The number of nitrogens with zero attached hydrogens (tertiary/aromatic N) is 2. The van der Waals surface area contributed by atoms with Crippen molar-refractivity contribution in [1.82, 2.24) is 9.38 Å². The van der Waals surface area contributed by atoms with Gasteiger partial charge in [-0.25, -0.2) is 13.4 Å². The summed E-state index contributed by atoms with van der Waals surface area (Å²) in [7, 11) is -3.60. The summed E-state index contributed by atoms with van der Waals surface area (Å²) in [5.41, 5.74) is 2.07. The molecule has 0 atom stereocenters. The molecule has 0 fully saturated rings. The van der Waals surface area contributed by atoms with Crippen LogP contribution in [0.4, 0.5) is 5.69 Å². The minimum Gasteiger partial charge on any atom is -0.287 e. The van der Waals surface area contributed by atoms with Crippen LogP contribution in [-0.2, 0) is 10.0 Å². The molecule has 3 heterocycles. The Labute approximate surface area is 157 Å². The van der Waals surface area contributed by atoms with Crippen LogP contribution in [0.15, 0.2) is 57.6 Å².